The first-order valence-electron chi connectivity index (χ1n) is 12.1. The minimum Gasteiger partial charge on any atom is -0.492 e. The van der Waals surface area contributed by atoms with E-state index in [0.29, 0.717) is 6.61 Å². The molecule has 2 aromatic carbocycles. The molecule has 3 aromatic rings. The summed E-state index contributed by atoms with van der Waals surface area (Å²) in [6.45, 7) is 8.12. The molecule has 2 saturated heterocycles. The zero-order valence-electron chi connectivity index (χ0n) is 19.4. The molecule has 0 spiro atoms. The van der Waals surface area contributed by atoms with Crippen molar-refractivity contribution >= 4 is 21.6 Å². The van der Waals surface area contributed by atoms with E-state index in [-0.39, 0.29) is 12.2 Å². The number of hydrogen-bond acceptors (Lipinski definition) is 7. The summed E-state index contributed by atoms with van der Waals surface area (Å²) >= 11 is 1.73. The number of benzene rings is 2. The zero-order chi connectivity index (χ0) is 22.5. The first-order valence-corrected chi connectivity index (χ1v) is 12.9. The molecule has 1 atom stereocenters. The van der Waals surface area contributed by atoms with Gasteiger partial charge in [-0.25, -0.2) is 4.98 Å². The fraction of sp³-hybridized carbons (Fsp3) is 0.500. The number of hydrogen-bond donors (Lipinski definition) is 1. The molecule has 2 fully saturated rings. The van der Waals surface area contributed by atoms with Gasteiger partial charge in [0.1, 0.15) is 23.5 Å². The average molecular weight is 467 g/mol. The molecule has 6 nitrogen and oxygen atoms in total. The van der Waals surface area contributed by atoms with E-state index in [1.165, 1.54) is 4.70 Å². The van der Waals surface area contributed by atoms with Crippen LogP contribution in [-0.2, 0) is 4.74 Å². The van der Waals surface area contributed by atoms with Gasteiger partial charge in [0.15, 0.2) is 0 Å². The Morgan fingerprint density at radius 1 is 1.06 bits per heavy atom. The molecule has 0 radical (unpaired) electrons. The number of thiazole rings is 1. The van der Waals surface area contributed by atoms with E-state index < -0.39 is 0 Å². The molecular weight excluding hydrogens is 432 g/mol. The predicted octanol–water partition coefficient (Wildman–Crippen LogP) is 3.78. The van der Waals surface area contributed by atoms with E-state index in [2.05, 4.69) is 58.6 Å². The minimum atomic E-state index is -0.174. The first-order chi connectivity index (χ1) is 16.2. The summed E-state index contributed by atoms with van der Waals surface area (Å²) in [5.74, 6) is 0.903. The number of aromatic nitrogens is 1. The van der Waals surface area contributed by atoms with Gasteiger partial charge in [-0.3, -0.25) is 4.90 Å². The van der Waals surface area contributed by atoms with Gasteiger partial charge in [-0.2, -0.15) is 0 Å². The number of likely N-dealkylation sites (tertiary alicyclic amines) is 1. The van der Waals surface area contributed by atoms with E-state index in [1.807, 2.05) is 12.1 Å². The number of piperidine rings is 1. The van der Waals surface area contributed by atoms with Crippen molar-refractivity contribution in [2.45, 2.75) is 25.0 Å². The second-order valence-corrected chi connectivity index (χ2v) is 10.1. The highest BCUT2D eigenvalue weighted by molar-refractivity contribution is 7.18. The number of ether oxygens (including phenoxy) is 2. The van der Waals surface area contributed by atoms with Crippen LogP contribution < -0.4 is 10.1 Å². The Hall–Kier alpha value is -2.03. The molecule has 2 aliphatic rings. The molecule has 2 aliphatic heterocycles. The Morgan fingerprint density at radius 3 is 2.70 bits per heavy atom. The van der Waals surface area contributed by atoms with Crippen LogP contribution in [0.4, 0.5) is 0 Å². The van der Waals surface area contributed by atoms with E-state index in [4.69, 9.17) is 14.5 Å². The maximum atomic E-state index is 6.75. The molecule has 0 aliphatic carbocycles. The summed E-state index contributed by atoms with van der Waals surface area (Å²) in [7, 11) is 2.18. The number of nitrogens with zero attached hydrogens (tertiary/aromatic N) is 3. The molecule has 0 bridgehead atoms. The summed E-state index contributed by atoms with van der Waals surface area (Å²) < 4.78 is 14.1. The smallest absolute Gasteiger partial charge is 0.135 e. The van der Waals surface area contributed by atoms with E-state index >= 15 is 0 Å². The van der Waals surface area contributed by atoms with Crippen LogP contribution in [-0.4, -0.2) is 80.4 Å². The summed E-state index contributed by atoms with van der Waals surface area (Å²) in [5.41, 5.74) is 2.16. The van der Waals surface area contributed by atoms with Crippen LogP contribution in [0.25, 0.3) is 10.2 Å². The third-order valence-electron chi connectivity index (χ3n) is 6.58. The highest BCUT2D eigenvalue weighted by Gasteiger charge is 2.26. The van der Waals surface area contributed by atoms with Crippen molar-refractivity contribution in [3.05, 3.63) is 59.1 Å². The van der Waals surface area contributed by atoms with Crippen molar-refractivity contribution in [3.63, 3.8) is 0 Å². The van der Waals surface area contributed by atoms with Crippen molar-refractivity contribution in [2.24, 2.45) is 0 Å². The summed E-state index contributed by atoms with van der Waals surface area (Å²) in [4.78, 5) is 9.78. The molecule has 7 heteroatoms. The lowest BCUT2D eigenvalue weighted by Gasteiger charge is -2.31. The Morgan fingerprint density at radius 2 is 1.88 bits per heavy atom. The fourth-order valence-corrected chi connectivity index (χ4v) is 5.62. The Kier molecular flexibility index (Phi) is 7.53. The number of rotatable bonds is 8. The summed E-state index contributed by atoms with van der Waals surface area (Å²) in [6.07, 6.45) is 2.18. The number of nitrogens with one attached hydrogen (secondary N) is 1. The van der Waals surface area contributed by atoms with Gasteiger partial charge < -0.3 is 19.7 Å². The predicted molar refractivity (Wildman–Crippen MR) is 134 cm³/mol. The third kappa shape index (κ3) is 5.91. The third-order valence-corrected chi connectivity index (χ3v) is 7.66. The van der Waals surface area contributed by atoms with Crippen LogP contribution in [0, 0.1) is 0 Å². The normalized spacial score (nSPS) is 19.7. The second kappa shape index (κ2) is 10.9. The van der Waals surface area contributed by atoms with Gasteiger partial charge in [0.05, 0.1) is 16.3 Å². The quantitative estimate of drug-likeness (QED) is 0.545. The van der Waals surface area contributed by atoms with Gasteiger partial charge in [0.2, 0.25) is 0 Å². The van der Waals surface area contributed by atoms with Crippen LogP contribution in [0.3, 0.4) is 0 Å². The minimum absolute atomic E-state index is 0.174. The second-order valence-electron chi connectivity index (χ2n) is 9.05. The van der Waals surface area contributed by atoms with Crippen LogP contribution in [0.1, 0.15) is 29.5 Å². The molecule has 33 heavy (non-hydrogen) atoms. The highest BCUT2D eigenvalue weighted by Crippen LogP contribution is 2.36. The summed E-state index contributed by atoms with van der Waals surface area (Å²) in [6, 6.07) is 16.8. The highest BCUT2D eigenvalue weighted by atomic mass is 32.1. The molecule has 0 amide bonds. The maximum absolute atomic E-state index is 6.75. The van der Waals surface area contributed by atoms with E-state index in [9.17, 15) is 0 Å². The number of fused-ring (bicyclic) bond motifs is 1. The van der Waals surface area contributed by atoms with Crippen molar-refractivity contribution in [1.82, 2.24) is 20.1 Å². The van der Waals surface area contributed by atoms with Gasteiger partial charge in [-0.05, 0) is 49.7 Å². The average Bonchev–Trinajstić information content (AvgIpc) is 3.28. The monoisotopic (exact) mass is 466 g/mol. The number of para-hydroxylation sites is 1. The molecule has 5 rings (SSSR count). The molecule has 0 saturated carbocycles. The molecule has 176 valence electrons. The van der Waals surface area contributed by atoms with Gasteiger partial charge in [0.25, 0.3) is 0 Å². The van der Waals surface area contributed by atoms with Gasteiger partial charge in [-0.15, -0.1) is 11.3 Å². The topological polar surface area (TPSA) is 49.9 Å². The lowest BCUT2D eigenvalue weighted by atomic mass is 10.1. The van der Waals surface area contributed by atoms with Gasteiger partial charge in [0, 0.05) is 45.8 Å². The molecule has 3 heterocycles. The molecule has 1 unspecified atom stereocenters. The van der Waals surface area contributed by atoms with E-state index in [1.54, 1.807) is 11.3 Å². The Bertz CT molecular complexity index is 995. The van der Waals surface area contributed by atoms with Crippen LogP contribution in [0.2, 0.25) is 0 Å². The molecular formula is C26H34N4O2S. The van der Waals surface area contributed by atoms with Crippen molar-refractivity contribution in [3.8, 4) is 5.75 Å². The van der Waals surface area contributed by atoms with Gasteiger partial charge in [-0.1, -0.05) is 24.3 Å². The Balaban J connectivity index is 1.33. The van der Waals surface area contributed by atoms with Crippen LogP contribution >= 0.6 is 11.3 Å². The summed E-state index contributed by atoms with van der Waals surface area (Å²) in [5, 5.41) is 4.42. The standard InChI is InChI=1S/C26H34N4O2S/c1-29-13-9-21(10-14-29)32-25(26-28-23-7-2-3-8-24(23)33-26)20-5-4-6-22(19-20)31-18-17-30-15-11-27-12-16-30/h2-8,19,21,25,27H,9-18H2,1H3. The van der Waals surface area contributed by atoms with Crippen molar-refractivity contribution < 1.29 is 9.47 Å². The molecule has 1 aromatic heterocycles. The van der Waals surface area contributed by atoms with E-state index in [0.717, 1.165) is 80.5 Å². The van der Waals surface area contributed by atoms with Crippen molar-refractivity contribution in [2.75, 3.05) is 59.5 Å². The SMILES string of the molecule is CN1CCC(OC(c2cccc(OCCN3CCNCC3)c2)c2nc3ccccc3s2)CC1. The van der Waals surface area contributed by atoms with Crippen LogP contribution in [0.15, 0.2) is 48.5 Å². The first kappa shape index (κ1) is 22.7. The fourth-order valence-electron chi connectivity index (χ4n) is 4.59. The largest absolute Gasteiger partial charge is 0.492 e. The number of piperazine rings is 1. The van der Waals surface area contributed by atoms with Crippen LogP contribution in [0.5, 0.6) is 5.75 Å². The van der Waals surface area contributed by atoms with Gasteiger partial charge >= 0.3 is 0 Å². The zero-order valence-corrected chi connectivity index (χ0v) is 20.2. The van der Waals surface area contributed by atoms with Crippen molar-refractivity contribution in [1.29, 1.82) is 0 Å². The lowest BCUT2D eigenvalue weighted by Crippen LogP contribution is -2.44. The molecule has 1 N–H and O–H groups in total. The Labute approximate surface area is 200 Å². The lowest BCUT2D eigenvalue weighted by molar-refractivity contribution is -0.0235. The maximum Gasteiger partial charge on any atom is 0.135 e.